The van der Waals surface area contributed by atoms with Gasteiger partial charge >= 0.3 is 0 Å². The van der Waals surface area contributed by atoms with Crippen LogP contribution in [0.15, 0.2) is 64.2 Å². The molecule has 0 aliphatic heterocycles. The summed E-state index contributed by atoms with van der Waals surface area (Å²) in [6, 6.07) is 17.4. The van der Waals surface area contributed by atoms with Crippen molar-refractivity contribution in [2.24, 2.45) is 5.10 Å². The number of alkyl halides is 1. The Morgan fingerprint density at radius 1 is 1.05 bits per heavy atom. The highest BCUT2D eigenvalue weighted by Crippen LogP contribution is 2.15. The summed E-state index contributed by atoms with van der Waals surface area (Å²) in [5.41, 5.74) is 4.97. The van der Waals surface area contributed by atoms with E-state index in [0.29, 0.717) is 5.71 Å². The zero-order valence-corrected chi connectivity index (χ0v) is 12.9. The Hall–Kier alpha value is -1.65. The second-order valence-corrected chi connectivity index (χ2v) is 5.18. The van der Waals surface area contributed by atoms with Gasteiger partial charge in [-0.2, -0.15) is 5.10 Å². The molecule has 0 aromatic heterocycles. The van der Waals surface area contributed by atoms with Gasteiger partial charge in [0.15, 0.2) is 0 Å². The normalized spacial score (nSPS) is 11.2. The third kappa shape index (κ3) is 3.92. The first-order chi connectivity index (χ1) is 9.70. The van der Waals surface area contributed by atoms with Crippen LogP contribution in [0, 0.1) is 0 Å². The van der Waals surface area contributed by atoms with Gasteiger partial charge in [0.2, 0.25) is 0 Å². The highest BCUT2D eigenvalue weighted by atomic mass is 79.9. The van der Waals surface area contributed by atoms with Crippen molar-refractivity contribution in [3.05, 3.63) is 70.2 Å². The lowest BCUT2D eigenvalue weighted by Gasteiger charge is -2.07. The van der Waals surface area contributed by atoms with E-state index in [4.69, 9.17) is 11.6 Å². The van der Waals surface area contributed by atoms with Gasteiger partial charge in [-0.25, -0.2) is 5.43 Å². The van der Waals surface area contributed by atoms with E-state index in [1.54, 1.807) is 0 Å². The third-order valence-corrected chi connectivity index (χ3v) is 3.35. The van der Waals surface area contributed by atoms with Crippen molar-refractivity contribution < 1.29 is 4.79 Å². The minimum atomic E-state index is -0.336. The molecule has 20 heavy (non-hydrogen) atoms. The topological polar surface area (TPSA) is 41.5 Å². The standard InChI is InChI=1S/C15H12BrClN2O/c16-13-8-6-12(7-9-13)15(19-18-14(20)10-17)11-4-2-1-3-5-11/h1-9H,10H2,(H,18,20)/b19-15-. The minimum absolute atomic E-state index is 0.119. The van der Waals surface area contributed by atoms with Gasteiger partial charge in [-0.15, -0.1) is 11.6 Å². The SMILES string of the molecule is O=C(CCl)N/N=C(/c1ccccc1)c1ccc(Br)cc1. The highest BCUT2D eigenvalue weighted by Gasteiger charge is 2.07. The first-order valence-corrected chi connectivity index (χ1v) is 7.27. The fourth-order valence-corrected chi connectivity index (χ4v) is 1.97. The fraction of sp³-hybridized carbons (Fsp3) is 0.0667. The van der Waals surface area contributed by atoms with E-state index in [1.165, 1.54) is 0 Å². The zero-order chi connectivity index (χ0) is 14.4. The average molecular weight is 352 g/mol. The summed E-state index contributed by atoms with van der Waals surface area (Å²) in [4.78, 5) is 11.3. The molecule has 0 bridgehead atoms. The Balaban J connectivity index is 2.39. The molecule has 5 heteroatoms. The molecule has 2 aromatic rings. The van der Waals surface area contributed by atoms with E-state index in [-0.39, 0.29) is 11.8 Å². The molecule has 0 aliphatic rings. The molecule has 0 spiro atoms. The molecule has 0 atom stereocenters. The van der Waals surface area contributed by atoms with Crippen molar-refractivity contribution in [3.63, 3.8) is 0 Å². The summed E-state index contributed by atoms with van der Waals surface area (Å²) in [5, 5.41) is 4.18. The van der Waals surface area contributed by atoms with Crippen LogP contribution in [-0.2, 0) is 4.79 Å². The third-order valence-electron chi connectivity index (χ3n) is 2.58. The van der Waals surface area contributed by atoms with Crippen LogP contribution >= 0.6 is 27.5 Å². The molecule has 2 aromatic carbocycles. The monoisotopic (exact) mass is 350 g/mol. The second kappa shape index (κ2) is 7.22. The van der Waals surface area contributed by atoms with Gasteiger partial charge in [0.25, 0.3) is 5.91 Å². The fourth-order valence-electron chi connectivity index (χ4n) is 1.65. The van der Waals surface area contributed by atoms with Gasteiger partial charge in [0, 0.05) is 15.6 Å². The molecule has 0 heterocycles. The van der Waals surface area contributed by atoms with E-state index in [0.717, 1.165) is 15.6 Å². The van der Waals surface area contributed by atoms with E-state index >= 15 is 0 Å². The van der Waals surface area contributed by atoms with Crippen molar-refractivity contribution >= 4 is 39.1 Å². The predicted octanol–water partition coefficient (Wildman–Crippen LogP) is 3.56. The largest absolute Gasteiger partial charge is 0.272 e. The number of carbonyl (C=O) groups excluding carboxylic acids is 1. The number of amides is 1. The molecule has 0 unspecified atom stereocenters. The van der Waals surface area contributed by atoms with Crippen LogP contribution in [0.5, 0.6) is 0 Å². The summed E-state index contributed by atoms with van der Waals surface area (Å²) in [5.74, 6) is -0.455. The van der Waals surface area contributed by atoms with Gasteiger partial charge in [0.1, 0.15) is 5.88 Å². The lowest BCUT2D eigenvalue weighted by atomic mass is 10.0. The first-order valence-electron chi connectivity index (χ1n) is 5.94. The van der Waals surface area contributed by atoms with E-state index in [9.17, 15) is 4.79 Å². The molecule has 1 N–H and O–H groups in total. The van der Waals surface area contributed by atoms with Crippen molar-refractivity contribution in [1.29, 1.82) is 0 Å². The maximum atomic E-state index is 11.3. The van der Waals surface area contributed by atoms with Gasteiger partial charge in [-0.05, 0) is 12.1 Å². The number of hydrazone groups is 1. The highest BCUT2D eigenvalue weighted by molar-refractivity contribution is 9.10. The van der Waals surface area contributed by atoms with Crippen LogP contribution in [0.25, 0.3) is 0 Å². The summed E-state index contributed by atoms with van der Waals surface area (Å²) < 4.78 is 0.985. The van der Waals surface area contributed by atoms with E-state index < -0.39 is 0 Å². The van der Waals surface area contributed by atoms with Crippen LogP contribution < -0.4 is 5.43 Å². The predicted molar refractivity (Wildman–Crippen MR) is 85.1 cm³/mol. The molecule has 2 rings (SSSR count). The number of nitrogens with one attached hydrogen (secondary N) is 1. The Bertz CT molecular complexity index is 612. The summed E-state index contributed by atoms with van der Waals surface area (Å²) >= 11 is 8.86. The summed E-state index contributed by atoms with van der Waals surface area (Å²) in [6.45, 7) is 0. The van der Waals surface area contributed by atoms with Crippen molar-refractivity contribution in [1.82, 2.24) is 5.43 Å². The molecule has 0 saturated heterocycles. The molecule has 102 valence electrons. The molecule has 0 radical (unpaired) electrons. The van der Waals surface area contributed by atoms with Crippen LogP contribution in [0.2, 0.25) is 0 Å². The van der Waals surface area contributed by atoms with Crippen molar-refractivity contribution in [2.45, 2.75) is 0 Å². The number of nitrogens with zero attached hydrogens (tertiary/aromatic N) is 1. The lowest BCUT2D eigenvalue weighted by Crippen LogP contribution is -2.21. The average Bonchev–Trinajstić information content (AvgIpc) is 2.50. The quantitative estimate of drug-likeness (QED) is 0.511. The summed E-state index contributed by atoms with van der Waals surface area (Å²) in [7, 11) is 0. The molecular weight excluding hydrogens is 340 g/mol. The number of carbonyl (C=O) groups is 1. The minimum Gasteiger partial charge on any atom is -0.272 e. The summed E-state index contributed by atoms with van der Waals surface area (Å²) in [6.07, 6.45) is 0. The van der Waals surface area contributed by atoms with Gasteiger partial charge < -0.3 is 0 Å². The number of rotatable bonds is 4. The Labute approximate surface area is 130 Å². The van der Waals surface area contributed by atoms with Crippen molar-refractivity contribution in [2.75, 3.05) is 5.88 Å². The van der Waals surface area contributed by atoms with Gasteiger partial charge in [-0.3, -0.25) is 4.79 Å². The van der Waals surface area contributed by atoms with Crippen LogP contribution in [0.4, 0.5) is 0 Å². The maximum Gasteiger partial charge on any atom is 0.254 e. The van der Waals surface area contributed by atoms with Crippen molar-refractivity contribution in [3.8, 4) is 0 Å². The lowest BCUT2D eigenvalue weighted by molar-refractivity contribution is -0.118. The maximum absolute atomic E-state index is 11.3. The molecule has 1 amide bonds. The zero-order valence-electron chi connectivity index (χ0n) is 10.5. The second-order valence-electron chi connectivity index (χ2n) is 4.00. The van der Waals surface area contributed by atoms with Crippen LogP contribution in [-0.4, -0.2) is 17.5 Å². The molecular formula is C15H12BrClN2O. The van der Waals surface area contributed by atoms with Crippen LogP contribution in [0.1, 0.15) is 11.1 Å². The smallest absolute Gasteiger partial charge is 0.254 e. The van der Waals surface area contributed by atoms with E-state index in [1.807, 2.05) is 54.6 Å². The Kier molecular flexibility index (Phi) is 5.32. The Morgan fingerprint density at radius 2 is 1.65 bits per heavy atom. The molecule has 0 saturated carbocycles. The number of benzene rings is 2. The van der Waals surface area contributed by atoms with Gasteiger partial charge in [0.05, 0.1) is 5.71 Å². The van der Waals surface area contributed by atoms with Gasteiger partial charge in [-0.1, -0.05) is 58.4 Å². The first kappa shape index (κ1) is 14.8. The van der Waals surface area contributed by atoms with Crippen LogP contribution in [0.3, 0.4) is 0 Å². The number of hydrogen-bond donors (Lipinski definition) is 1. The molecule has 0 fully saturated rings. The molecule has 3 nitrogen and oxygen atoms in total. The molecule has 0 aliphatic carbocycles. The number of hydrogen-bond acceptors (Lipinski definition) is 2. The number of halogens is 2. The van der Waals surface area contributed by atoms with E-state index in [2.05, 4.69) is 26.5 Å². The Morgan fingerprint density at radius 3 is 2.25 bits per heavy atom.